The molecule has 3 aliphatic carbocycles. The quantitative estimate of drug-likeness (QED) is 0.805. The lowest BCUT2D eigenvalue weighted by atomic mass is 9.53. The third kappa shape index (κ3) is 2.64. The Morgan fingerprint density at radius 1 is 1.15 bits per heavy atom. The van der Waals surface area contributed by atoms with Crippen molar-refractivity contribution in [3.8, 4) is 11.4 Å². The Balaban J connectivity index is 1.73. The van der Waals surface area contributed by atoms with Gasteiger partial charge in [-0.05, 0) is 50.7 Å². The smallest absolute Gasteiger partial charge is 0.369 e. The predicted octanol–water partition coefficient (Wildman–Crippen LogP) is 3.00. The van der Waals surface area contributed by atoms with E-state index in [1.165, 1.54) is 12.1 Å². The van der Waals surface area contributed by atoms with Crippen molar-refractivity contribution < 1.29 is 22.5 Å². The number of carbonyl (C=O) groups is 1. The number of benzene rings is 1. The SMILES string of the molecule is C[n+]1c(-c2ccccc2C(F)(F)F)n[nH]c1C12CCC(C(N)=O)(CC1)CC2. The van der Waals surface area contributed by atoms with Gasteiger partial charge in [0.2, 0.25) is 11.7 Å². The fraction of sp³-hybridized carbons (Fsp3) is 0.526. The van der Waals surface area contributed by atoms with Gasteiger partial charge in [-0.2, -0.15) is 13.2 Å². The van der Waals surface area contributed by atoms with Gasteiger partial charge in [0.25, 0.3) is 0 Å². The molecule has 0 unspecified atom stereocenters. The zero-order valence-corrected chi connectivity index (χ0v) is 15.1. The first kappa shape index (κ1) is 18.0. The van der Waals surface area contributed by atoms with Crippen LogP contribution in [0.4, 0.5) is 13.2 Å². The number of hydrogen-bond donors (Lipinski definition) is 2. The fourth-order valence-electron chi connectivity index (χ4n) is 4.91. The molecule has 3 fully saturated rings. The van der Waals surface area contributed by atoms with E-state index in [9.17, 15) is 18.0 Å². The standard InChI is InChI=1S/C19H21F3N4O/c1-26-14(12-4-2-3-5-13(12)19(20,21)22)24-25-16(26)18-9-6-17(7-10-18,8-11-18)15(23)27/h2-5H,6-11H2,1H3,(H2,23,27)/p+1. The van der Waals surface area contributed by atoms with Crippen molar-refractivity contribution in [1.29, 1.82) is 0 Å². The molecule has 1 amide bonds. The molecule has 1 heterocycles. The molecule has 2 bridgehead atoms. The first-order chi connectivity index (χ1) is 12.7. The first-order valence-electron chi connectivity index (χ1n) is 9.10. The third-order valence-electron chi connectivity index (χ3n) is 6.67. The maximum atomic E-state index is 13.4. The lowest BCUT2D eigenvalue weighted by Gasteiger charge is -2.49. The first-order valence-corrected chi connectivity index (χ1v) is 9.10. The number of amides is 1. The molecule has 1 aromatic carbocycles. The van der Waals surface area contributed by atoms with Crippen LogP contribution in [0.1, 0.15) is 49.9 Å². The van der Waals surface area contributed by atoms with Crippen molar-refractivity contribution in [1.82, 2.24) is 10.2 Å². The van der Waals surface area contributed by atoms with Crippen LogP contribution < -0.4 is 10.3 Å². The maximum Gasteiger partial charge on any atom is 0.417 e. The number of carbonyl (C=O) groups excluding carboxylic acids is 1. The van der Waals surface area contributed by atoms with E-state index in [2.05, 4.69) is 10.2 Å². The Hall–Kier alpha value is -2.38. The summed E-state index contributed by atoms with van der Waals surface area (Å²) in [4.78, 5) is 11.9. The number of aromatic nitrogens is 3. The van der Waals surface area contributed by atoms with Crippen LogP contribution in [0, 0.1) is 5.41 Å². The normalized spacial score (nSPS) is 27.7. The second-order valence-corrected chi connectivity index (χ2v) is 7.92. The molecule has 5 rings (SSSR count). The lowest BCUT2D eigenvalue weighted by molar-refractivity contribution is -0.673. The molecular weight excluding hydrogens is 357 g/mol. The third-order valence-corrected chi connectivity index (χ3v) is 6.67. The van der Waals surface area contributed by atoms with Crippen LogP contribution in [-0.4, -0.2) is 16.1 Å². The van der Waals surface area contributed by atoms with Crippen LogP contribution >= 0.6 is 0 Å². The number of H-pyrrole nitrogens is 1. The van der Waals surface area contributed by atoms with Crippen LogP contribution in [0.3, 0.4) is 0 Å². The van der Waals surface area contributed by atoms with Crippen LogP contribution in [0.15, 0.2) is 24.3 Å². The molecule has 27 heavy (non-hydrogen) atoms. The van der Waals surface area contributed by atoms with Crippen molar-refractivity contribution in [2.24, 2.45) is 18.2 Å². The Morgan fingerprint density at radius 2 is 1.74 bits per heavy atom. The molecule has 8 heteroatoms. The van der Waals surface area contributed by atoms with E-state index in [4.69, 9.17) is 5.73 Å². The molecule has 5 nitrogen and oxygen atoms in total. The van der Waals surface area contributed by atoms with Crippen molar-refractivity contribution in [2.45, 2.75) is 50.1 Å². The van der Waals surface area contributed by atoms with Gasteiger partial charge in [-0.25, -0.2) is 4.57 Å². The average molecular weight is 379 g/mol. The van der Waals surface area contributed by atoms with Gasteiger partial charge in [0.05, 0.1) is 23.6 Å². The molecule has 0 atom stereocenters. The zero-order valence-electron chi connectivity index (χ0n) is 15.1. The minimum atomic E-state index is -4.45. The number of nitrogens with zero attached hydrogens (tertiary/aromatic N) is 2. The molecule has 0 saturated heterocycles. The van der Waals surface area contributed by atoms with Crippen molar-refractivity contribution in [3.05, 3.63) is 35.7 Å². The van der Waals surface area contributed by atoms with Crippen LogP contribution in [0.25, 0.3) is 11.4 Å². The lowest BCUT2D eigenvalue weighted by Crippen LogP contribution is -2.54. The number of halogens is 3. The number of hydrogen-bond acceptors (Lipinski definition) is 2. The number of nitrogens with two attached hydrogens (primary N) is 1. The van der Waals surface area contributed by atoms with Crippen molar-refractivity contribution in [3.63, 3.8) is 0 Å². The molecule has 0 spiro atoms. The van der Waals surface area contributed by atoms with Gasteiger partial charge in [-0.1, -0.05) is 12.1 Å². The van der Waals surface area contributed by atoms with Gasteiger partial charge in [-0.15, -0.1) is 5.10 Å². The number of fused-ring (bicyclic) bond motifs is 3. The molecule has 2 aromatic rings. The van der Waals surface area contributed by atoms with E-state index in [0.717, 1.165) is 50.4 Å². The van der Waals surface area contributed by atoms with Gasteiger partial charge in [0, 0.05) is 10.5 Å². The number of aromatic amines is 1. The second kappa shape index (κ2) is 5.81. The summed E-state index contributed by atoms with van der Waals surface area (Å²) in [6.07, 6.45) is 0.0597. The highest BCUT2D eigenvalue weighted by molar-refractivity contribution is 5.81. The van der Waals surface area contributed by atoms with Crippen LogP contribution in [-0.2, 0) is 23.4 Å². The summed E-state index contributed by atoms with van der Waals surface area (Å²) in [5, 5.41) is 7.25. The predicted molar refractivity (Wildman–Crippen MR) is 91.2 cm³/mol. The monoisotopic (exact) mass is 379 g/mol. The van der Waals surface area contributed by atoms with Crippen LogP contribution in [0.5, 0.6) is 0 Å². The molecule has 3 N–H and O–H groups in total. The van der Waals surface area contributed by atoms with Crippen molar-refractivity contribution >= 4 is 5.91 Å². The fourth-order valence-corrected chi connectivity index (χ4v) is 4.91. The summed E-state index contributed by atoms with van der Waals surface area (Å²) < 4.78 is 41.9. The summed E-state index contributed by atoms with van der Waals surface area (Å²) in [6.45, 7) is 0. The van der Waals surface area contributed by atoms with E-state index in [-0.39, 0.29) is 22.7 Å². The number of rotatable bonds is 3. The maximum absolute atomic E-state index is 13.4. The van der Waals surface area contributed by atoms with E-state index >= 15 is 0 Å². The zero-order chi connectivity index (χ0) is 19.4. The van der Waals surface area contributed by atoms with Gasteiger partial charge in [0.15, 0.2) is 0 Å². The Morgan fingerprint density at radius 3 is 2.30 bits per heavy atom. The summed E-state index contributed by atoms with van der Waals surface area (Å²) >= 11 is 0. The molecule has 144 valence electrons. The van der Waals surface area contributed by atoms with Gasteiger partial charge in [-0.3, -0.25) is 4.79 Å². The molecule has 1 aromatic heterocycles. The van der Waals surface area contributed by atoms with Crippen LogP contribution in [0.2, 0.25) is 0 Å². The van der Waals surface area contributed by atoms with Crippen molar-refractivity contribution in [2.75, 3.05) is 0 Å². The molecule has 0 aliphatic heterocycles. The van der Waals surface area contributed by atoms with Gasteiger partial charge >= 0.3 is 12.0 Å². The Bertz CT molecular complexity index is 878. The Kier molecular flexibility index (Phi) is 3.87. The van der Waals surface area contributed by atoms with Gasteiger partial charge in [0.1, 0.15) is 0 Å². The number of primary amides is 1. The van der Waals surface area contributed by atoms with E-state index < -0.39 is 17.2 Å². The summed E-state index contributed by atoms with van der Waals surface area (Å²) in [7, 11) is 1.75. The molecular formula is C19H22F3N4O+. The topological polar surface area (TPSA) is 75.7 Å². The summed E-state index contributed by atoms with van der Waals surface area (Å²) in [5.41, 5.74) is 4.38. The average Bonchev–Trinajstić information content (AvgIpc) is 3.04. The molecule has 0 radical (unpaired) electrons. The van der Waals surface area contributed by atoms with E-state index in [1.807, 2.05) is 0 Å². The largest absolute Gasteiger partial charge is 0.417 e. The minimum Gasteiger partial charge on any atom is -0.369 e. The number of nitrogens with one attached hydrogen (secondary N) is 1. The second-order valence-electron chi connectivity index (χ2n) is 7.92. The van der Waals surface area contributed by atoms with E-state index in [1.54, 1.807) is 17.7 Å². The highest BCUT2D eigenvalue weighted by Crippen LogP contribution is 2.56. The molecule has 3 saturated carbocycles. The number of alkyl halides is 3. The molecule has 3 aliphatic rings. The highest BCUT2D eigenvalue weighted by atomic mass is 19.4. The highest BCUT2D eigenvalue weighted by Gasteiger charge is 2.55. The minimum absolute atomic E-state index is 0.0597. The van der Waals surface area contributed by atoms with Gasteiger partial charge < -0.3 is 5.73 Å². The summed E-state index contributed by atoms with van der Waals surface area (Å²) in [5.74, 6) is 0.862. The Labute approximate surface area is 154 Å². The summed E-state index contributed by atoms with van der Waals surface area (Å²) in [6, 6.07) is 5.48. The van der Waals surface area contributed by atoms with E-state index in [0.29, 0.717) is 0 Å².